The summed E-state index contributed by atoms with van der Waals surface area (Å²) in [5.74, 6) is 0. The molecule has 2 N–H and O–H groups in total. The van der Waals surface area contributed by atoms with Gasteiger partial charge >= 0.3 is 0 Å². The average Bonchev–Trinajstić information content (AvgIpc) is 2.24. The molecule has 0 aromatic carbocycles. The maximum absolute atomic E-state index is 9.92. The van der Waals surface area contributed by atoms with Crippen molar-refractivity contribution in [1.29, 1.82) is 0 Å². The summed E-state index contributed by atoms with van der Waals surface area (Å²) < 4.78 is 0. The van der Waals surface area contributed by atoms with Crippen molar-refractivity contribution in [2.75, 3.05) is 13.2 Å². The zero-order valence-corrected chi connectivity index (χ0v) is 15.1. The van der Waals surface area contributed by atoms with Crippen LogP contribution in [0.4, 0.5) is 0 Å². The fourth-order valence-corrected chi connectivity index (χ4v) is 3.46. The summed E-state index contributed by atoms with van der Waals surface area (Å²) in [7, 11) is 0. The Bertz CT molecular complexity index is 303. The first-order chi connectivity index (χ1) is 9.48. The van der Waals surface area contributed by atoms with Crippen LogP contribution in [0, 0.1) is 0 Å². The molecule has 0 aromatic rings. The SMILES string of the molecule is CCCCNC1CC(C)(C)N(OCC(C)(C)O)C(C)(C)C1. The second-order valence-corrected chi connectivity index (χ2v) is 8.42. The smallest absolute Gasteiger partial charge is 0.0967 e. The van der Waals surface area contributed by atoms with Crippen LogP contribution in [-0.4, -0.2) is 46.0 Å². The van der Waals surface area contributed by atoms with Gasteiger partial charge in [-0.2, -0.15) is 5.06 Å². The van der Waals surface area contributed by atoms with Crippen molar-refractivity contribution < 1.29 is 9.94 Å². The standard InChI is InChI=1S/C17H36N2O2/c1-8-9-10-18-14-11-15(2,3)19(16(4,5)12-14)21-13-17(6,7)20/h14,18,20H,8-13H2,1-7H3. The van der Waals surface area contributed by atoms with E-state index in [0.717, 1.165) is 19.4 Å². The molecule has 0 unspecified atom stereocenters. The quantitative estimate of drug-likeness (QED) is 0.709. The summed E-state index contributed by atoms with van der Waals surface area (Å²) in [4.78, 5) is 6.01. The molecule has 4 nitrogen and oxygen atoms in total. The number of hydrogen-bond donors (Lipinski definition) is 2. The van der Waals surface area contributed by atoms with E-state index in [1.807, 2.05) is 0 Å². The van der Waals surface area contributed by atoms with Crippen LogP contribution in [0.5, 0.6) is 0 Å². The molecule has 1 aliphatic heterocycles. The Balaban J connectivity index is 2.69. The monoisotopic (exact) mass is 300 g/mol. The highest BCUT2D eigenvalue weighted by Gasteiger charge is 2.46. The van der Waals surface area contributed by atoms with Crippen LogP contribution in [0.25, 0.3) is 0 Å². The highest BCUT2D eigenvalue weighted by molar-refractivity contribution is 4.99. The zero-order valence-electron chi connectivity index (χ0n) is 15.1. The van der Waals surface area contributed by atoms with Crippen LogP contribution in [0.15, 0.2) is 0 Å². The van der Waals surface area contributed by atoms with Gasteiger partial charge in [-0.05, 0) is 67.3 Å². The molecule has 0 amide bonds. The molecule has 1 rings (SSSR count). The van der Waals surface area contributed by atoms with E-state index in [-0.39, 0.29) is 11.1 Å². The van der Waals surface area contributed by atoms with Crippen molar-refractivity contribution in [2.24, 2.45) is 0 Å². The Morgan fingerprint density at radius 2 is 1.71 bits per heavy atom. The lowest BCUT2D eigenvalue weighted by Crippen LogP contribution is -2.64. The highest BCUT2D eigenvalue weighted by Crippen LogP contribution is 2.38. The zero-order chi connectivity index (χ0) is 16.3. The lowest BCUT2D eigenvalue weighted by atomic mass is 9.79. The Hall–Kier alpha value is -0.160. The van der Waals surface area contributed by atoms with Crippen LogP contribution in [-0.2, 0) is 4.84 Å². The molecular formula is C17H36N2O2. The van der Waals surface area contributed by atoms with E-state index < -0.39 is 5.60 Å². The van der Waals surface area contributed by atoms with Gasteiger partial charge in [-0.15, -0.1) is 0 Å². The highest BCUT2D eigenvalue weighted by atomic mass is 16.7. The fourth-order valence-electron chi connectivity index (χ4n) is 3.46. The van der Waals surface area contributed by atoms with Crippen molar-refractivity contribution in [3.63, 3.8) is 0 Å². The second-order valence-electron chi connectivity index (χ2n) is 8.42. The topological polar surface area (TPSA) is 44.7 Å². The Morgan fingerprint density at radius 3 is 2.14 bits per heavy atom. The fraction of sp³-hybridized carbons (Fsp3) is 1.00. The molecule has 0 atom stereocenters. The Morgan fingerprint density at radius 1 is 1.19 bits per heavy atom. The Kier molecular flexibility index (Phi) is 6.25. The minimum atomic E-state index is -0.803. The Labute approximate surface area is 131 Å². The van der Waals surface area contributed by atoms with Gasteiger partial charge < -0.3 is 10.4 Å². The molecule has 0 radical (unpaired) electrons. The summed E-state index contributed by atoms with van der Waals surface area (Å²) in [6, 6.07) is 0.531. The summed E-state index contributed by atoms with van der Waals surface area (Å²) in [6.45, 7) is 16.1. The van der Waals surface area contributed by atoms with E-state index in [4.69, 9.17) is 4.84 Å². The molecular weight excluding hydrogens is 264 g/mol. The van der Waals surface area contributed by atoms with Crippen molar-refractivity contribution in [2.45, 2.75) is 96.9 Å². The predicted octanol–water partition coefficient (Wildman–Crippen LogP) is 3.10. The lowest BCUT2D eigenvalue weighted by molar-refractivity contribution is -0.299. The van der Waals surface area contributed by atoms with Gasteiger partial charge in [-0.3, -0.25) is 4.84 Å². The van der Waals surface area contributed by atoms with E-state index in [1.54, 1.807) is 13.8 Å². The van der Waals surface area contributed by atoms with Crippen molar-refractivity contribution >= 4 is 0 Å². The predicted molar refractivity (Wildman–Crippen MR) is 88.2 cm³/mol. The third-order valence-corrected chi connectivity index (χ3v) is 4.10. The van der Waals surface area contributed by atoms with Crippen LogP contribution in [0.2, 0.25) is 0 Å². The number of hydroxylamine groups is 2. The molecule has 0 spiro atoms. The van der Waals surface area contributed by atoms with Gasteiger partial charge in [-0.25, -0.2) is 0 Å². The minimum Gasteiger partial charge on any atom is -0.388 e. The van der Waals surface area contributed by atoms with Crippen LogP contribution >= 0.6 is 0 Å². The first kappa shape index (κ1) is 18.9. The van der Waals surface area contributed by atoms with Crippen LogP contribution in [0.3, 0.4) is 0 Å². The maximum Gasteiger partial charge on any atom is 0.0967 e. The van der Waals surface area contributed by atoms with Gasteiger partial charge in [0.2, 0.25) is 0 Å². The molecule has 1 fully saturated rings. The van der Waals surface area contributed by atoms with E-state index in [2.05, 4.69) is 45.0 Å². The molecule has 0 aromatic heterocycles. The van der Waals surface area contributed by atoms with Gasteiger partial charge in [0.1, 0.15) is 0 Å². The molecule has 126 valence electrons. The molecule has 1 saturated heterocycles. The van der Waals surface area contributed by atoms with Gasteiger partial charge in [0.25, 0.3) is 0 Å². The first-order valence-electron chi connectivity index (χ1n) is 8.37. The van der Waals surface area contributed by atoms with E-state index in [0.29, 0.717) is 12.6 Å². The summed E-state index contributed by atoms with van der Waals surface area (Å²) in [5, 5.41) is 15.7. The number of piperidine rings is 1. The minimum absolute atomic E-state index is 0.0448. The second kappa shape index (κ2) is 6.95. The normalized spacial score (nSPS) is 23.4. The summed E-state index contributed by atoms with van der Waals surface area (Å²) in [6.07, 6.45) is 4.58. The number of nitrogens with one attached hydrogen (secondary N) is 1. The van der Waals surface area contributed by atoms with Crippen molar-refractivity contribution in [3.05, 3.63) is 0 Å². The van der Waals surface area contributed by atoms with Crippen molar-refractivity contribution in [3.8, 4) is 0 Å². The third-order valence-electron chi connectivity index (χ3n) is 4.10. The van der Waals surface area contributed by atoms with E-state index in [9.17, 15) is 5.11 Å². The van der Waals surface area contributed by atoms with E-state index in [1.165, 1.54) is 12.8 Å². The van der Waals surface area contributed by atoms with Crippen LogP contribution in [0.1, 0.15) is 74.1 Å². The van der Waals surface area contributed by atoms with Gasteiger partial charge in [0.05, 0.1) is 12.2 Å². The van der Waals surface area contributed by atoms with E-state index >= 15 is 0 Å². The van der Waals surface area contributed by atoms with Gasteiger partial charge in [0.15, 0.2) is 0 Å². The summed E-state index contributed by atoms with van der Waals surface area (Å²) in [5.41, 5.74) is -0.893. The molecule has 4 heteroatoms. The average molecular weight is 300 g/mol. The largest absolute Gasteiger partial charge is 0.388 e. The first-order valence-corrected chi connectivity index (χ1v) is 8.37. The number of nitrogens with zero attached hydrogens (tertiary/aromatic N) is 1. The number of aliphatic hydroxyl groups is 1. The maximum atomic E-state index is 9.92. The van der Waals surface area contributed by atoms with Gasteiger partial charge in [0, 0.05) is 17.1 Å². The number of hydrogen-bond acceptors (Lipinski definition) is 4. The molecule has 1 aliphatic rings. The van der Waals surface area contributed by atoms with Crippen LogP contribution < -0.4 is 5.32 Å². The molecule has 0 bridgehead atoms. The summed E-state index contributed by atoms with van der Waals surface area (Å²) >= 11 is 0. The number of rotatable bonds is 7. The molecule has 0 saturated carbocycles. The van der Waals surface area contributed by atoms with Gasteiger partial charge in [-0.1, -0.05) is 13.3 Å². The lowest BCUT2D eigenvalue weighted by Gasteiger charge is -2.54. The molecule has 0 aliphatic carbocycles. The molecule has 21 heavy (non-hydrogen) atoms. The third kappa shape index (κ3) is 5.85. The molecule has 1 heterocycles. The number of unbranched alkanes of at least 4 members (excludes halogenated alkanes) is 1. The van der Waals surface area contributed by atoms with Crippen molar-refractivity contribution in [1.82, 2.24) is 10.4 Å².